The molecule has 1 atom stereocenters. The number of sulfonamides is 1. The first-order valence-corrected chi connectivity index (χ1v) is 10.5. The highest BCUT2D eigenvalue weighted by molar-refractivity contribution is 7.92. The van der Waals surface area contributed by atoms with E-state index >= 15 is 0 Å². The van der Waals surface area contributed by atoms with Crippen LogP contribution < -0.4 is 4.31 Å². The molecule has 2 aromatic carbocycles. The summed E-state index contributed by atoms with van der Waals surface area (Å²) in [6, 6.07) is 10.5. The summed E-state index contributed by atoms with van der Waals surface area (Å²) in [5, 5.41) is 0.497. The number of rotatable bonds is 5. The van der Waals surface area contributed by atoms with Crippen LogP contribution in [0.5, 0.6) is 0 Å². The zero-order valence-electron chi connectivity index (χ0n) is 16.0. The molecule has 0 aliphatic rings. The van der Waals surface area contributed by atoms with Crippen molar-refractivity contribution < 1.29 is 27.1 Å². The molecule has 3 rings (SSSR count). The molecule has 7 nitrogen and oxygen atoms in total. The van der Waals surface area contributed by atoms with Gasteiger partial charge < -0.3 is 4.74 Å². The van der Waals surface area contributed by atoms with Crippen LogP contribution in [0.2, 0.25) is 0 Å². The van der Waals surface area contributed by atoms with E-state index in [1.807, 2.05) is 0 Å². The summed E-state index contributed by atoms with van der Waals surface area (Å²) in [7, 11) is -2.68. The summed E-state index contributed by atoms with van der Waals surface area (Å²) in [5.74, 6) is -1.85. The van der Waals surface area contributed by atoms with Crippen LogP contribution in [0.4, 0.5) is 10.1 Å². The summed E-state index contributed by atoms with van der Waals surface area (Å²) < 4.78 is 45.3. The van der Waals surface area contributed by atoms with Crippen molar-refractivity contribution in [3.63, 3.8) is 0 Å². The number of benzene rings is 2. The van der Waals surface area contributed by atoms with E-state index in [9.17, 15) is 22.4 Å². The third-order valence-electron chi connectivity index (χ3n) is 4.48. The number of para-hydroxylation sites is 1. The lowest BCUT2D eigenvalue weighted by Crippen LogP contribution is -2.44. The van der Waals surface area contributed by atoms with Crippen molar-refractivity contribution >= 4 is 38.5 Å². The quantitative estimate of drug-likeness (QED) is 0.595. The first-order chi connectivity index (χ1) is 13.6. The Balaban J connectivity index is 2.13. The molecule has 152 valence electrons. The van der Waals surface area contributed by atoms with E-state index in [-0.39, 0.29) is 11.3 Å². The average Bonchev–Trinajstić information content (AvgIpc) is 3.05. The third-order valence-corrected chi connectivity index (χ3v) is 5.73. The third kappa shape index (κ3) is 3.86. The van der Waals surface area contributed by atoms with Crippen LogP contribution in [0, 0.1) is 5.82 Å². The van der Waals surface area contributed by atoms with Gasteiger partial charge in [-0.25, -0.2) is 17.6 Å². The number of methoxy groups -OCH3 is 1. The van der Waals surface area contributed by atoms with E-state index in [4.69, 9.17) is 4.74 Å². The van der Waals surface area contributed by atoms with Gasteiger partial charge in [-0.05, 0) is 31.2 Å². The number of hydrogen-bond donors (Lipinski definition) is 0. The van der Waals surface area contributed by atoms with Crippen LogP contribution >= 0.6 is 0 Å². The smallest absolute Gasteiger partial charge is 0.340 e. The fourth-order valence-electron chi connectivity index (χ4n) is 3.25. The second-order valence-corrected chi connectivity index (χ2v) is 8.33. The Kier molecular flexibility index (Phi) is 5.43. The largest absolute Gasteiger partial charge is 0.465 e. The second kappa shape index (κ2) is 7.67. The number of halogens is 1. The Morgan fingerprint density at radius 2 is 1.83 bits per heavy atom. The highest BCUT2D eigenvalue weighted by Gasteiger charge is 2.31. The standard InChI is InChI=1S/C20H19FN2O5S/c1-13(23(29(3,26)27)15-8-6-7-14(21)11-15)19(24)22-12-17(20(25)28-2)16-9-4-5-10-18(16)22/h4-13H,1-3H3/t13-/m1/s1. The summed E-state index contributed by atoms with van der Waals surface area (Å²) >= 11 is 0. The molecule has 29 heavy (non-hydrogen) atoms. The van der Waals surface area contributed by atoms with E-state index < -0.39 is 33.8 Å². The molecule has 0 amide bonds. The highest BCUT2D eigenvalue weighted by Crippen LogP contribution is 2.26. The molecule has 0 saturated carbocycles. The summed E-state index contributed by atoms with van der Waals surface area (Å²) in [5.41, 5.74) is 0.635. The van der Waals surface area contributed by atoms with E-state index in [0.717, 1.165) is 16.6 Å². The van der Waals surface area contributed by atoms with Crippen molar-refractivity contribution in [1.29, 1.82) is 0 Å². The van der Waals surface area contributed by atoms with Gasteiger partial charge in [-0.3, -0.25) is 13.7 Å². The molecule has 9 heteroatoms. The molecule has 0 unspecified atom stereocenters. The fourth-order valence-corrected chi connectivity index (χ4v) is 4.41. The lowest BCUT2D eigenvalue weighted by Gasteiger charge is -2.28. The Labute approximate surface area is 167 Å². The van der Waals surface area contributed by atoms with Crippen LogP contribution in [0.25, 0.3) is 10.9 Å². The van der Waals surface area contributed by atoms with Crippen LogP contribution in [0.15, 0.2) is 54.7 Å². The first kappa shape index (κ1) is 20.5. The van der Waals surface area contributed by atoms with Crippen molar-refractivity contribution in [3.8, 4) is 0 Å². The van der Waals surface area contributed by atoms with Crippen molar-refractivity contribution in [2.75, 3.05) is 17.7 Å². The van der Waals surface area contributed by atoms with Gasteiger partial charge in [0.15, 0.2) is 0 Å². The molecule has 0 N–H and O–H groups in total. The molecule has 1 aromatic heterocycles. The Bertz CT molecular complexity index is 1200. The minimum absolute atomic E-state index is 0.0259. The van der Waals surface area contributed by atoms with Crippen molar-refractivity contribution in [2.45, 2.75) is 13.0 Å². The van der Waals surface area contributed by atoms with E-state index in [1.165, 1.54) is 43.0 Å². The lowest BCUT2D eigenvalue weighted by atomic mass is 10.2. The number of hydrogen-bond acceptors (Lipinski definition) is 5. The van der Waals surface area contributed by atoms with Gasteiger partial charge in [0.05, 0.1) is 30.1 Å². The van der Waals surface area contributed by atoms with Gasteiger partial charge in [0.1, 0.15) is 11.9 Å². The summed E-state index contributed by atoms with van der Waals surface area (Å²) in [6.07, 6.45) is 2.26. The number of aromatic nitrogens is 1. The van der Waals surface area contributed by atoms with Gasteiger partial charge in [0.2, 0.25) is 10.0 Å². The molecule has 0 saturated heterocycles. The number of anilines is 1. The fraction of sp³-hybridized carbons (Fsp3) is 0.200. The normalized spacial score (nSPS) is 12.6. The topological polar surface area (TPSA) is 85.7 Å². The maximum Gasteiger partial charge on any atom is 0.340 e. The number of nitrogens with zero attached hydrogens (tertiary/aromatic N) is 2. The van der Waals surface area contributed by atoms with Crippen LogP contribution in [0.1, 0.15) is 22.1 Å². The zero-order chi connectivity index (χ0) is 21.3. The number of carbonyl (C=O) groups excluding carboxylic acids is 2. The molecule has 0 aliphatic carbocycles. The minimum atomic E-state index is -3.91. The molecular weight excluding hydrogens is 399 g/mol. The number of ether oxygens (including phenoxy) is 1. The van der Waals surface area contributed by atoms with E-state index in [1.54, 1.807) is 24.3 Å². The second-order valence-electron chi connectivity index (χ2n) is 6.47. The van der Waals surface area contributed by atoms with Crippen molar-refractivity contribution in [3.05, 3.63) is 66.1 Å². The van der Waals surface area contributed by atoms with Crippen molar-refractivity contribution in [1.82, 2.24) is 4.57 Å². The molecule has 0 bridgehead atoms. The van der Waals surface area contributed by atoms with E-state index in [0.29, 0.717) is 10.9 Å². The van der Waals surface area contributed by atoms with Crippen LogP contribution in [-0.2, 0) is 14.8 Å². The molecule has 1 heterocycles. The number of fused-ring (bicyclic) bond motifs is 1. The number of esters is 1. The zero-order valence-corrected chi connectivity index (χ0v) is 16.8. The predicted molar refractivity (Wildman–Crippen MR) is 107 cm³/mol. The average molecular weight is 418 g/mol. The minimum Gasteiger partial charge on any atom is -0.465 e. The Morgan fingerprint density at radius 3 is 2.45 bits per heavy atom. The highest BCUT2D eigenvalue weighted by atomic mass is 32.2. The van der Waals surface area contributed by atoms with E-state index in [2.05, 4.69) is 0 Å². The summed E-state index contributed by atoms with van der Waals surface area (Å²) in [4.78, 5) is 25.3. The maximum absolute atomic E-state index is 13.7. The Morgan fingerprint density at radius 1 is 1.14 bits per heavy atom. The molecule has 3 aromatic rings. The summed E-state index contributed by atoms with van der Waals surface area (Å²) in [6.45, 7) is 1.40. The molecule has 0 spiro atoms. The van der Waals surface area contributed by atoms with Gasteiger partial charge in [0.25, 0.3) is 5.91 Å². The van der Waals surface area contributed by atoms with Crippen molar-refractivity contribution in [2.24, 2.45) is 0 Å². The molecule has 0 aliphatic heterocycles. The maximum atomic E-state index is 13.7. The molecule has 0 fully saturated rings. The van der Waals surface area contributed by atoms with Gasteiger partial charge >= 0.3 is 5.97 Å². The number of carbonyl (C=O) groups is 2. The predicted octanol–water partition coefficient (Wildman–Crippen LogP) is 3.06. The first-order valence-electron chi connectivity index (χ1n) is 8.62. The molecular formula is C20H19FN2O5S. The van der Waals surface area contributed by atoms with Gasteiger partial charge in [-0.1, -0.05) is 24.3 Å². The SMILES string of the molecule is COC(=O)c1cn(C(=O)[C@@H](C)N(c2cccc(F)c2)S(C)(=O)=O)c2ccccc12. The Hall–Kier alpha value is -3.20. The monoisotopic (exact) mass is 418 g/mol. The van der Waals surface area contributed by atoms with Crippen LogP contribution in [0.3, 0.4) is 0 Å². The van der Waals surface area contributed by atoms with Gasteiger partial charge in [-0.15, -0.1) is 0 Å². The van der Waals surface area contributed by atoms with Gasteiger partial charge in [-0.2, -0.15) is 0 Å². The van der Waals surface area contributed by atoms with Crippen LogP contribution in [-0.4, -0.2) is 44.3 Å². The van der Waals surface area contributed by atoms with Gasteiger partial charge in [0, 0.05) is 11.6 Å². The lowest BCUT2D eigenvalue weighted by molar-refractivity contribution is 0.0603. The molecule has 0 radical (unpaired) electrons.